The average Bonchev–Trinajstić information content (AvgIpc) is 2.48. The van der Waals surface area contributed by atoms with Crippen molar-refractivity contribution in [2.45, 2.75) is 52.4 Å². The van der Waals surface area contributed by atoms with Gasteiger partial charge in [-0.2, -0.15) is 0 Å². The molecule has 1 aromatic carbocycles. The molecule has 4 heteroatoms. The number of hydrogen-bond donors (Lipinski definition) is 1. The highest BCUT2D eigenvalue weighted by molar-refractivity contribution is 9.10. The molecule has 0 bridgehead atoms. The molecule has 0 aromatic heterocycles. The molecule has 0 aliphatic carbocycles. The molecular formula is C17H27BrN2O. The lowest BCUT2D eigenvalue weighted by molar-refractivity contribution is -0.0128. The molecule has 2 rings (SSSR count). The molecule has 0 amide bonds. The molecule has 0 radical (unpaired) electrons. The summed E-state index contributed by atoms with van der Waals surface area (Å²) in [5, 5.41) is 3.46. The molecule has 1 aromatic rings. The first-order chi connectivity index (χ1) is 10.1. The van der Waals surface area contributed by atoms with Crippen LogP contribution in [-0.4, -0.2) is 36.7 Å². The molecule has 3 nitrogen and oxygen atoms in total. The number of morpholine rings is 1. The Morgan fingerprint density at radius 1 is 1.43 bits per heavy atom. The standard InChI is InChI=1S/C17H27BrN2O/c1-4-16-12-21-8-7-20(16)11-15-6-5-14(9-17(15)18)10-19-13(2)3/h5-6,9,13,16,19H,4,7-8,10-12H2,1-3H3. The second-order valence-electron chi connectivity index (χ2n) is 6.07. The van der Waals surface area contributed by atoms with Crippen LogP contribution in [0.25, 0.3) is 0 Å². The van der Waals surface area contributed by atoms with Crippen molar-refractivity contribution in [1.29, 1.82) is 0 Å². The summed E-state index contributed by atoms with van der Waals surface area (Å²) < 4.78 is 6.80. The first-order valence-electron chi connectivity index (χ1n) is 7.92. The van der Waals surface area contributed by atoms with Gasteiger partial charge in [0.05, 0.1) is 13.2 Å². The lowest BCUT2D eigenvalue weighted by atomic mass is 10.1. The predicted octanol–water partition coefficient (Wildman–Crippen LogP) is 3.56. The van der Waals surface area contributed by atoms with Crippen LogP contribution in [0, 0.1) is 0 Å². The minimum Gasteiger partial charge on any atom is -0.378 e. The first-order valence-corrected chi connectivity index (χ1v) is 8.72. The van der Waals surface area contributed by atoms with E-state index < -0.39 is 0 Å². The molecule has 0 spiro atoms. The van der Waals surface area contributed by atoms with Crippen LogP contribution in [0.4, 0.5) is 0 Å². The maximum Gasteiger partial charge on any atom is 0.0622 e. The van der Waals surface area contributed by atoms with Crippen LogP contribution in [0.3, 0.4) is 0 Å². The van der Waals surface area contributed by atoms with Crippen LogP contribution < -0.4 is 5.32 Å². The zero-order valence-electron chi connectivity index (χ0n) is 13.4. The predicted molar refractivity (Wildman–Crippen MR) is 91.4 cm³/mol. The fourth-order valence-corrected chi connectivity index (χ4v) is 3.19. The SMILES string of the molecule is CCC1COCCN1Cc1ccc(CNC(C)C)cc1Br. The largest absolute Gasteiger partial charge is 0.378 e. The number of nitrogens with one attached hydrogen (secondary N) is 1. The number of halogens is 1. The Balaban J connectivity index is 1.99. The minimum absolute atomic E-state index is 0.516. The van der Waals surface area contributed by atoms with Crippen molar-refractivity contribution in [3.8, 4) is 0 Å². The molecule has 1 aliphatic heterocycles. The van der Waals surface area contributed by atoms with Crippen LogP contribution in [0.15, 0.2) is 22.7 Å². The van der Waals surface area contributed by atoms with Crippen LogP contribution in [-0.2, 0) is 17.8 Å². The Hall–Kier alpha value is -0.420. The lowest BCUT2D eigenvalue weighted by Gasteiger charge is -2.35. The van der Waals surface area contributed by atoms with Crippen LogP contribution in [0.1, 0.15) is 38.3 Å². The number of nitrogens with zero attached hydrogens (tertiary/aromatic N) is 1. The summed E-state index contributed by atoms with van der Waals surface area (Å²) in [6.07, 6.45) is 1.15. The summed E-state index contributed by atoms with van der Waals surface area (Å²) in [5.41, 5.74) is 2.69. The van der Waals surface area contributed by atoms with Gasteiger partial charge in [0.2, 0.25) is 0 Å². The van der Waals surface area contributed by atoms with Gasteiger partial charge in [-0.1, -0.05) is 48.8 Å². The van der Waals surface area contributed by atoms with E-state index in [1.54, 1.807) is 0 Å². The Morgan fingerprint density at radius 2 is 2.24 bits per heavy atom. The highest BCUT2D eigenvalue weighted by Gasteiger charge is 2.21. The van der Waals surface area contributed by atoms with Gasteiger partial charge in [0.15, 0.2) is 0 Å². The molecule has 118 valence electrons. The van der Waals surface area contributed by atoms with Crippen molar-refractivity contribution in [3.63, 3.8) is 0 Å². The lowest BCUT2D eigenvalue weighted by Crippen LogP contribution is -2.44. The molecule has 1 heterocycles. The van der Waals surface area contributed by atoms with Crippen molar-refractivity contribution in [3.05, 3.63) is 33.8 Å². The summed E-state index contributed by atoms with van der Waals surface area (Å²) in [7, 11) is 0. The molecule has 21 heavy (non-hydrogen) atoms. The minimum atomic E-state index is 0.516. The van der Waals surface area contributed by atoms with E-state index in [-0.39, 0.29) is 0 Å². The van der Waals surface area contributed by atoms with Gasteiger partial charge in [-0.15, -0.1) is 0 Å². The van der Waals surface area contributed by atoms with Gasteiger partial charge in [-0.05, 0) is 23.6 Å². The summed E-state index contributed by atoms with van der Waals surface area (Å²) in [6.45, 7) is 11.3. The van der Waals surface area contributed by atoms with Gasteiger partial charge in [-0.3, -0.25) is 4.90 Å². The van der Waals surface area contributed by atoms with E-state index >= 15 is 0 Å². The molecule has 1 saturated heterocycles. The summed E-state index contributed by atoms with van der Waals surface area (Å²) in [6, 6.07) is 7.79. The van der Waals surface area contributed by atoms with E-state index in [0.29, 0.717) is 12.1 Å². The quantitative estimate of drug-likeness (QED) is 0.845. The first kappa shape index (κ1) is 16.9. The Bertz CT molecular complexity index is 450. The highest BCUT2D eigenvalue weighted by atomic mass is 79.9. The summed E-state index contributed by atoms with van der Waals surface area (Å²) in [4.78, 5) is 2.54. The fourth-order valence-electron chi connectivity index (χ4n) is 2.64. The molecular weight excluding hydrogens is 328 g/mol. The molecule has 1 unspecified atom stereocenters. The van der Waals surface area contributed by atoms with Crippen molar-refractivity contribution in [2.24, 2.45) is 0 Å². The van der Waals surface area contributed by atoms with Crippen molar-refractivity contribution >= 4 is 15.9 Å². The number of hydrogen-bond acceptors (Lipinski definition) is 3. The second kappa shape index (κ2) is 8.28. The number of ether oxygens (including phenoxy) is 1. The number of rotatable bonds is 6. The molecule has 1 N–H and O–H groups in total. The van der Waals surface area contributed by atoms with E-state index in [1.165, 1.54) is 15.6 Å². The van der Waals surface area contributed by atoms with Crippen molar-refractivity contribution in [2.75, 3.05) is 19.8 Å². The third-order valence-electron chi connectivity index (χ3n) is 4.03. The third-order valence-corrected chi connectivity index (χ3v) is 4.76. The molecule has 1 aliphatic rings. The topological polar surface area (TPSA) is 24.5 Å². The van der Waals surface area contributed by atoms with Gasteiger partial charge in [0.25, 0.3) is 0 Å². The summed E-state index contributed by atoms with van der Waals surface area (Å²) in [5.74, 6) is 0. The van der Waals surface area contributed by atoms with E-state index in [1.807, 2.05) is 0 Å². The van der Waals surface area contributed by atoms with Gasteiger partial charge in [0, 0.05) is 36.2 Å². The zero-order chi connectivity index (χ0) is 15.2. The molecule has 1 fully saturated rings. The summed E-state index contributed by atoms with van der Waals surface area (Å²) >= 11 is 3.74. The average molecular weight is 355 g/mol. The fraction of sp³-hybridized carbons (Fsp3) is 0.647. The number of benzene rings is 1. The smallest absolute Gasteiger partial charge is 0.0622 e. The maximum atomic E-state index is 5.58. The monoisotopic (exact) mass is 354 g/mol. The molecule has 0 saturated carbocycles. The van der Waals surface area contributed by atoms with Gasteiger partial charge in [-0.25, -0.2) is 0 Å². The maximum absolute atomic E-state index is 5.58. The third kappa shape index (κ3) is 5.06. The van der Waals surface area contributed by atoms with Crippen LogP contribution >= 0.6 is 15.9 Å². The van der Waals surface area contributed by atoms with E-state index in [2.05, 4.69) is 65.1 Å². The Morgan fingerprint density at radius 3 is 2.90 bits per heavy atom. The molecule has 1 atom stereocenters. The van der Waals surface area contributed by atoms with E-state index in [0.717, 1.165) is 39.3 Å². The van der Waals surface area contributed by atoms with Crippen molar-refractivity contribution in [1.82, 2.24) is 10.2 Å². The normalized spacial score (nSPS) is 20.1. The van der Waals surface area contributed by atoms with Gasteiger partial charge >= 0.3 is 0 Å². The van der Waals surface area contributed by atoms with E-state index in [9.17, 15) is 0 Å². The van der Waals surface area contributed by atoms with E-state index in [4.69, 9.17) is 4.74 Å². The van der Waals surface area contributed by atoms with Crippen LogP contribution in [0.2, 0.25) is 0 Å². The Labute approximate surface area is 137 Å². The van der Waals surface area contributed by atoms with Crippen LogP contribution in [0.5, 0.6) is 0 Å². The Kier molecular flexibility index (Phi) is 6.68. The zero-order valence-corrected chi connectivity index (χ0v) is 14.9. The van der Waals surface area contributed by atoms with Gasteiger partial charge in [0.1, 0.15) is 0 Å². The second-order valence-corrected chi connectivity index (χ2v) is 6.92. The van der Waals surface area contributed by atoms with Crippen molar-refractivity contribution < 1.29 is 4.74 Å². The van der Waals surface area contributed by atoms with Gasteiger partial charge < -0.3 is 10.1 Å². The highest BCUT2D eigenvalue weighted by Crippen LogP contribution is 2.23.